The van der Waals surface area contributed by atoms with Gasteiger partial charge >= 0.3 is 15.5 Å². The van der Waals surface area contributed by atoms with Crippen molar-refractivity contribution in [2.75, 3.05) is 77.7 Å². The Morgan fingerprint density at radius 3 is 1.82 bits per heavy atom. The van der Waals surface area contributed by atoms with E-state index < -0.39 is 15.5 Å². The predicted octanol–water partition coefficient (Wildman–Crippen LogP) is 12.4. The Bertz CT molecular complexity index is 2500. The van der Waals surface area contributed by atoms with Gasteiger partial charge in [-0.1, -0.05) is 60.0 Å². The van der Waals surface area contributed by atoms with Crippen molar-refractivity contribution in [2.24, 2.45) is 5.92 Å². The van der Waals surface area contributed by atoms with E-state index in [-0.39, 0.29) is 61.9 Å². The number of anilines is 1. The second kappa shape index (κ2) is 33.6. The Balaban J connectivity index is 0.842. The minimum absolute atomic E-state index is 0.0138. The predicted molar refractivity (Wildman–Crippen MR) is 306 cm³/mol. The van der Waals surface area contributed by atoms with Gasteiger partial charge in [0.15, 0.2) is 0 Å². The number of halogens is 5. The van der Waals surface area contributed by atoms with E-state index in [4.69, 9.17) is 51.9 Å². The van der Waals surface area contributed by atoms with E-state index in [2.05, 4.69) is 16.0 Å². The molecular weight excluding hydrogens is 1080 g/mol. The van der Waals surface area contributed by atoms with Crippen LogP contribution in [0.5, 0.6) is 5.88 Å². The highest BCUT2D eigenvalue weighted by molar-refractivity contribution is 7.90. The number of carbonyl (C=O) groups excluding carboxylic acids is 2. The van der Waals surface area contributed by atoms with Gasteiger partial charge in [0.05, 0.1) is 37.5 Å². The molecule has 3 N–H and O–H groups in total. The summed E-state index contributed by atoms with van der Waals surface area (Å²) < 4.78 is 94.4. The van der Waals surface area contributed by atoms with Crippen LogP contribution in [0, 0.1) is 5.92 Å². The average molecular weight is 1170 g/mol. The molecule has 0 bridgehead atoms. The zero-order valence-corrected chi connectivity index (χ0v) is 48.3. The van der Waals surface area contributed by atoms with Gasteiger partial charge in [-0.25, -0.2) is 13.4 Å². The SMILES string of the molecule is CC(C)OCCCCCC(=O)NCCCOCCC1CCC(OCCOCCCNC(=O)CCCCCOc2cc(NC3CCN(S(=O)(=O)C(F)(F)F)CC3)c3cc(C(c4ccc(Cl)cc4)c4ccc(Cl)cc4)ccc3n2)CC1. The van der Waals surface area contributed by atoms with Crippen molar-refractivity contribution in [3.8, 4) is 5.88 Å². The Labute approximate surface area is 475 Å². The maximum Gasteiger partial charge on any atom is 0.511 e. The van der Waals surface area contributed by atoms with E-state index in [1.54, 1.807) is 6.07 Å². The lowest BCUT2D eigenvalue weighted by Gasteiger charge is -2.32. The summed E-state index contributed by atoms with van der Waals surface area (Å²) in [6.07, 6.45) is 13.7. The lowest BCUT2D eigenvalue weighted by Crippen LogP contribution is -2.47. The highest BCUT2D eigenvalue weighted by Crippen LogP contribution is 2.38. The Hall–Kier alpha value is -4.27. The van der Waals surface area contributed by atoms with Gasteiger partial charge in [0.25, 0.3) is 0 Å². The molecule has 0 radical (unpaired) electrons. The fraction of sp³-hybridized carbons (Fsp3) is 0.610. The van der Waals surface area contributed by atoms with E-state index >= 15 is 0 Å². The summed E-state index contributed by atoms with van der Waals surface area (Å²) in [5, 5.41) is 11.4. The molecule has 0 unspecified atom stereocenters. The summed E-state index contributed by atoms with van der Waals surface area (Å²) in [7, 11) is -5.43. The number of carbonyl (C=O) groups is 2. The zero-order valence-electron chi connectivity index (χ0n) is 46.0. The van der Waals surface area contributed by atoms with Gasteiger partial charge in [0, 0.05) is 105 Å². The molecule has 6 rings (SSSR count). The number of unbranched alkanes of at least 4 members (excludes halogenated alkanes) is 4. The fourth-order valence-electron chi connectivity index (χ4n) is 10.0. The van der Waals surface area contributed by atoms with Crippen molar-refractivity contribution < 1.29 is 54.9 Å². The molecule has 438 valence electrons. The Morgan fingerprint density at radius 2 is 1.24 bits per heavy atom. The number of hydrogen-bond acceptors (Lipinski definition) is 11. The Morgan fingerprint density at radius 1 is 0.671 bits per heavy atom. The number of nitrogens with one attached hydrogen (secondary N) is 3. The number of hydrogen-bond donors (Lipinski definition) is 3. The molecule has 1 saturated carbocycles. The lowest BCUT2D eigenvalue weighted by atomic mass is 9.84. The third-order valence-electron chi connectivity index (χ3n) is 14.4. The van der Waals surface area contributed by atoms with Crippen LogP contribution < -0.4 is 20.7 Å². The van der Waals surface area contributed by atoms with Crippen LogP contribution in [0.25, 0.3) is 10.9 Å². The van der Waals surface area contributed by atoms with Crippen LogP contribution >= 0.6 is 23.2 Å². The second-order valence-corrected chi connectivity index (χ2v) is 23.7. The number of amides is 2. The number of aromatic nitrogens is 1. The topological polar surface area (TPSA) is 167 Å². The van der Waals surface area contributed by atoms with E-state index in [0.29, 0.717) is 116 Å². The van der Waals surface area contributed by atoms with E-state index in [1.807, 2.05) is 80.6 Å². The first-order chi connectivity index (χ1) is 38.0. The number of pyridine rings is 1. The minimum atomic E-state index is -5.43. The number of sulfonamides is 1. The highest BCUT2D eigenvalue weighted by atomic mass is 35.5. The number of piperidine rings is 1. The van der Waals surface area contributed by atoms with Gasteiger partial charge in [-0.15, -0.1) is 0 Å². The number of nitrogens with zero attached hydrogens (tertiary/aromatic N) is 2. The van der Waals surface area contributed by atoms with Gasteiger partial charge in [0.2, 0.25) is 17.7 Å². The molecule has 1 aliphatic carbocycles. The number of benzene rings is 3. The van der Waals surface area contributed by atoms with Crippen molar-refractivity contribution in [1.29, 1.82) is 0 Å². The van der Waals surface area contributed by atoms with Crippen molar-refractivity contribution in [2.45, 2.75) is 153 Å². The van der Waals surface area contributed by atoms with Crippen LogP contribution in [0.1, 0.15) is 146 Å². The summed E-state index contributed by atoms with van der Waals surface area (Å²) >= 11 is 12.6. The normalized spacial score (nSPS) is 16.7. The quantitative estimate of drug-likeness (QED) is 0.0296. The minimum Gasteiger partial charge on any atom is -0.478 e. The molecule has 0 spiro atoms. The first kappa shape index (κ1) is 63.9. The number of fused-ring (bicyclic) bond motifs is 1. The molecule has 20 heteroatoms. The molecule has 1 saturated heterocycles. The number of alkyl halides is 3. The lowest BCUT2D eigenvalue weighted by molar-refractivity contribution is -0.122. The maximum atomic E-state index is 13.4. The van der Waals surface area contributed by atoms with E-state index in [0.717, 1.165) is 99.5 Å². The second-order valence-electron chi connectivity index (χ2n) is 20.9. The summed E-state index contributed by atoms with van der Waals surface area (Å²) in [5.41, 5.74) is -1.14. The molecule has 79 heavy (non-hydrogen) atoms. The van der Waals surface area contributed by atoms with Crippen LogP contribution in [-0.2, 0) is 38.6 Å². The average Bonchev–Trinajstić information content (AvgIpc) is 3.50. The standard InChI is InChI=1S/C59H82Cl2F3N5O9S/c1-43(2)76-36-7-3-5-11-55(70)65-30-9-34-74-38-29-44-13-24-51(25-14-44)77-40-39-75-35-10-31-66-56(71)12-6-4-8-37-78-57-42-54(67-50-27-32-69(33-28-50)79(72,73)59(62,63)64)52-41-47(19-26-53(52)68-57)58(45-15-20-48(60)21-16-45)46-17-22-49(61)23-18-46/h15-23,26,41-44,50-51,58H,3-14,24-25,27-40H2,1-2H3,(H,65,70)(H,66,71)(H,67,68). The molecule has 3 aromatic carbocycles. The van der Waals surface area contributed by atoms with Crippen LogP contribution in [0.3, 0.4) is 0 Å². The first-order valence-corrected chi connectivity index (χ1v) is 30.6. The largest absolute Gasteiger partial charge is 0.511 e. The van der Waals surface area contributed by atoms with Crippen molar-refractivity contribution in [1.82, 2.24) is 19.9 Å². The smallest absolute Gasteiger partial charge is 0.478 e. The van der Waals surface area contributed by atoms with Crippen molar-refractivity contribution in [3.63, 3.8) is 0 Å². The van der Waals surface area contributed by atoms with Gasteiger partial charge in [-0.05, 0) is 163 Å². The van der Waals surface area contributed by atoms with Crippen LogP contribution in [0.2, 0.25) is 10.0 Å². The maximum absolute atomic E-state index is 13.4. The molecule has 2 aliphatic rings. The molecule has 14 nitrogen and oxygen atoms in total. The summed E-state index contributed by atoms with van der Waals surface area (Å²) in [4.78, 5) is 29.4. The zero-order chi connectivity index (χ0) is 56.5. The molecule has 1 aliphatic heterocycles. The van der Waals surface area contributed by atoms with Gasteiger partial charge < -0.3 is 39.6 Å². The molecule has 0 atom stereocenters. The van der Waals surface area contributed by atoms with Crippen LogP contribution in [0.4, 0.5) is 18.9 Å². The van der Waals surface area contributed by atoms with Crippen LogP contribution in [-0.4, -0.2) is 126 Å². The van der Waals surface area contributed by atoms with Crippen LogP contribution in [0.15, 0.2) is 72.8 Å². The van der Waals surface area contributed by atoms with Crippen molar-refractivity contribution in [3.05, 3.63) is 99.5 Å². The summed E-state index contributed by atoms with van der Waals surface area (Å²) in [5.74, 6) is 0.902. The molecule has 2 fully saturated rings. The molecule has 4 aromatic rings. The number of rotatable bonds is 35. The highest BCUT2D eigenvalue weighted by Gasteiger charge is 2.50. The molecule has 2 heterocycles. The number of ether oxygens (including phenoxy) is 5. The third-order valence-corrected chi connectivity index (χ3v) is 16.5. The molecule has 1 aromatic heterocycles. The monoisotopic (exact) mass is 1160 g/mol. The molecule has 2 amide bonds. The fourth-order valence-corrected chi connectivity index (χ4v) is 11.2. The third kappa shape index (κ3) is 22.2. The van der Waals surface area contributed by atoms with E-state index in [1.165, 1.54) is 0 Å². The first-order valence-electron chi connectivity index (χ1n) is 28.4. The summed E-state index contributed by atoms with van der Waals surface area (Å²) in [6, 6.07) is 22.7. The van der Waals surface area contributed by atoms with Gasteiger partial charge in [-0.3, -0.25) is 9.59 Å². The van der Waals surface area contributed by atoms with Gasteiger partial charge in [-0.2, -0.15) is 17.5 Å². The van der Waals surface area contributed by atoms with Gasteiger partial charge in [0.1, 0.15) is 0 Å². The van der Waals surface area contributed by atoms with E-state index in [9.17, 15) is 31.2 Å². The Kier molecular flexibility index (Phi) is 27.2. The van der Waals surface area contributed by atoms with Crippen molar-refractivity contribution >= 4 is 61.6 Å². The summed E-state index contributed by atoms with van der Waals surface area (Å²) in [6.45, 7) is 8.81. The molecular formula is C59H82Cl2F3N5O9S.